The number of aliphatic carboxylic acids is 1. The fourth-order valence-electron chi connectivity index (χ4n) is 2.50. The first-order chi connectivity index (χ1) is 12.7. The van der Waals surface area contributed by atoms with E-state index in [4.69, 9.17) is 23.2 Å². The van der Waals surface area contributed by atoms with Crippen LogP contribution in [-0.2, 0) is 4.79 Å². The van der Waals surface area contributed by atoms with Gasteiger partial charge in [0, 0.05) is 22.1 Å². The van der Waals surface area contributed by atoms with Gasteiger partial charge in [0.1, 0.15) is 15.7 Å². The molecule has 0 radical (unpaired) electrons. The van der Waals surface area contributed by atoms with Crippen LogP contribution in [0.3, 0.4) is 0 Å². The Morgan fingerprint density at radius 3 is 2.63 bits per heavy atom. The molecule has 1 atom stereocenters. The molecule has 2 rings (SSSR count). The highest BCUT2D eigenvalue weighted by molar-refractivity contribution is 9.10. The highest BCUT2D eigenvalue weighted by Crippen LogP contribution is 2.38. The number of rotatable bonds is 8. The second-order valence-corrected chi connectivity index (χ2v) is 8.99. The largest absolute Gasteiger partial charge is 0.480 e. The van der Waals surface area contributed by atoms with Gasteiger partial charge in [0.05, 0.1) is 0 Å². The topological polar surface area (TPSA) is 75.1 Å². The predicted molar refractivity (Wildman–Crippen MR) is 116 cm³/mol. The van der Waals surface area contributed by atoms with Crippen LogP contribution in [0.5, 0.6) is 0 Å². The summed E-state index contributed by atoms with van der Waals surface area (Å²) in [6.07, 6.45) is 0.693. The lowest BCUT2D eigenvalue weighted by Gasteiger charge is -2.25. The van der Waals surface area contributed by atoms with Crippen LogP contribution < -0.4 is 5.32 Å². The molecule has 0 spiro atoms. The zero-order valence-electron chi connectivity index (χ0n) is 15.1. The minimum Gasteiger partial charge on any atom is -0.480 e. The molecule has 2 aromatic rings. The number of hydrogen-bond acceptors (Lipinski definition) is 5. The summed E-state index contributed by atoms with van der Waals surface area (Å²) in [7, 11) is 0. The highest BCUT2D eigenvalue weighted by Gasteiger charge is 2.38. The van der Waals surface area contributed by atoms with E-state index in [0.717, 1.165) is 33.0 Å². The maximum absolute atomic E-state index is 11.8. The third-order valence-corrected chi connectivity index (χ3v) is 7.07. The molecule has 5 nitrogen and oxygen atoms in total. The Labute approximate surface area is 181 Å². The standard InChI is InChI=1S/C18H20BrCl2N3O2S/c1-4-18(7-8-20,16(25)26)27-17-23-14(21)9-15(24-17)22-13-6-5-12(19)10(2)11(13)3/h5-6,9H,4,7-8H2,1-3H3,(H,25,26)(H,22,23,24). The number of aromatic nitrogens is 2. The number of nitrogens with zero attached hydrogens (tertiary/aromatic N) is 2. The van der Waals surface area contributed by atoms with Gasteiger partial charge in [-0.1, -0.05) is 46.2 Å². The summed E-state index contributed by atoms with van der Waals surface area (Å²) in [5, 5.41) is 13.5. The van der Waals surface area contributed by atoms with Gasteiger partial charge in [0.15, 0.2) is 5.16 Å². The SMILES string of the molecule is CCC(CCCl)(Sc1nc(Cl)cc(Nc2ccc(Br)c(C)c2C)n1)C(=O)O. The fraction of sp³-hybridized carbons (Fsp3) is 0.389. The summed E-state index contributed by atoms with van der Waals surface area (Å²) in [5.41, 5.74) is 3.08. The molecule has 1 aromatic carbocycles. The number of benzene rings is 1. The lowest BCUT2D eigenvalue weighted by molar-refractivity contribution is -0.140. The Bertz CT molecular complexity index is 854. The van der Waals surface area contributed by atoms with E-state index < -0.39 is 10.7 Å². The third kappa shape index (κ3) is 5.28. The van der Waals surface area contributed by atoms with E-state index >= 15 is 0 Å². The lowest BCUT2D eigenvalue weighted by atomic mass is 10.0. The molecule has 27 heavy (non-hydrogen) atoms. The Hall–Kier alpha value is -1.02. The molecule has 1 heterocycles. The van der Waals surface area contributed by atoms with E-state index in [9.17, 15) is 9.90 Å². The van der Waals surface area contributed by atoms with Gasteiger partial charge < -0.3 is 10.4 Å². The monoisotopic (exact) mass is 491 g/mol. The maximum atomic E-state index is 11.8. The van der Waals surface area contributed by atoms with Crippen molar-refractivity contribution in [2.45, 2.75) is 43.5 Å². The fourth-order valence-corrected chi connectivity index (χ4v) is 4.67. The zero-order chi connectivity index (χ0) is 20.2. The number of hydrogen-bond donors (Lipinski definition) is 2. The second-order valence-electron chi connectivity index (χ2n) is 6.02. The summed E-state index contributed by atoms with van der Waals surface area (Å²) in [4.78, 5) is 20.5. The average Bonchev–Trinajstić information content (AvgIpc) is 2.61. The maximum Gasteiger partial charge on any atom is 0.320 e. The molecule has 0 aliphatic carbocycles. The van der Waals surface area contributed by atoms with Gasteiger partial charge in [-0.2, -0.15) is 0 Å². The molecule has 146 valence electrons. The van der Waals surface area contributed by atoms with Crippen LogP contribution in [0.1, 0.15) is 30.9 Å². The van der Waals surface area contributed by atoms with Crippen LogP contribution in [0.2, 0.25) is 5.15 Å². The van der Waals surface area contributed by atoms with Crippen molar-refractivity contribution in [3.63, 3.8) is 0 Å². The van der Waals surface area contributed by atoms with Gasteiger partial charge in [-0.3, -0.25) is 4.79 Å². The van der Waals surface area contributed by atoms with Crippen molar-refractivity contribution in [2.75, 3.05) is 11.2 Å². The second kappa shape index (κ2) is 9.45. The van der Waals surface area contributed by atoms with Crippen LogP contribution in [0.15, 0.2) is 27.8 Å². The highest BCUT2D eigenvalue weighted by atomic mass is 79.9. The molecule has 0 saturated carbocycles. The molecule has 0 saturated heterocycles. The van der Waals surface area contributed by atoms with Crippen molar-refractivity contribution in [1.29, 1.82) is 0 Å². The predicted octanol–water partition coefficient (Wildman–Crippen LogP) is 6.21. The van der Waals surface area contributed by atoms with Gasteiger partial charge in [-0.25, -0.2) is 9.97 Å². The Morgan fingerprint density at radius 1 is 1.33 bits per heavy atom. The summed E-state index contributed by atoms with van der Waals surface area (Å²) in [5.74, 6) is -0.201. The molecular formula is C18H20BrCl2N3O2S. The molecule has 1 aromatic heterocycles. The van der Waals surface area contributed by atoms with Crippen molar-refractivity contribution in [1.82, 2.24) is 9.97 Å². The van der Waals surface area contributed by atoms with Gasteiger partial charge in [-0.05, 0) is 49.9 Å². The zero-order valence-corrected chi connectivity index (χ0v) is 19.1. The number of nitrogens with one attached hydrogen (secondary N) is 1. The molecule has 1 unspecified atom stereocenters. The van der Waals surface area contributed by atoms with Crippen LogP contribution in [0.4, 0.5) is 11.5 Å². The van der Waals surface area contributed by atoms with Crippen molar-refractivity contribution < 1.29 is 9.90 Å². The number of halogens is 3. The number of thioether (sulfide) groups is 1. The Kier molecular flexibility index (Phi) is 7.80. The summed E-state index contributed by atoms with van der Waals surface area (Å²) < 4.78 is -0.0637. The van der Waals surface area contributed by atoms with Gasteiger partial charge in [0.25, 0.3) is 0 Å². The van der Waals surface area contributed by atoms with Crippen LogP contribution in [-0.4, -0.2) is 31.7 Å². The first kappa shape index (κ1) is 22.3. The van der Waals surface area contributed by atoms with Crippen molar-refractivity contribution in [3.05, 3.63) is 39.0 Å². The van der Waals surface area contributed by atoms with Crippen LogP contribution in [0.25, 0.3) is 0 Å². The van der Waals surface area contributed by atoms with Gasteiger partial charge in [-0.15, -0.1) is 11.6 Å². The third-order valence-electron chi connectivity index (χ3n) is 4.40. The van der Waals surface area contributed by atoms with Crippen LogP contribution >= 0.6 is 50.9 Å². The number of carbonyl (C=O) groups is 1. The number of carboxylic acid groups (broad SMARTS) is 1. The van der Waals surface area contributed by atoms with Crippen molar-refractivity contribution in [3.8, 4) is 0 Å². The first-order valence-electron chi connectivity index (χ1n) is 8.28. The molecule has 0 bridgehead atoms. The number of alkyl halides is 1. The quantitative estimate of drug-likeness (QED) is 0.197. The average molecular weight is 493 g/mol. The van der Waals surface area contributed by atoms with E-state index in [1.54, 1.807) is 6.07 Å². The molecular weight excluding hydrogens is 473 g/mol. The van der Waals surface area contributed by atoms with Gasteiger partial charge in [0.2, 0.25) is 0 Å². The Balaban J connectivity index is 2.36. The minimum absolute atomic E-state index is 0.232. The van der Waals surface area contributed by atoms with Crippen LogP contribution in [0, 0.1) is 13.8 Å². The Morgan fingerprint density at radius 2 is 2.04 bits per heavy atom. The minimum atomic E-state index is -1.09. The van der Waals surface area contributed by atoms with E-state index in [1.165, 1.54) is 0 Å². The van der Waals surface area contributed by atoms with Crippen molar-refractivity contribution >= 4 is 68.4 Å². The van der Waals surface area contributed by atoms with E-state index in [2.05, 4.69) is 31.2 Å². The lowest BCUT2D eigenvalue weighted by Crippen LogP contribution is -2.35. The van der Waals surface area contributed by atoms with E-state index in [-0.39, 0.29) is 11.0 Å². The summed E-state index contributed by atoms with van der Waals surface area (Å²) >= 11 is 16.6. The normalized spacial score (nSPS) is 13.3. The summed E-state index contributed by atoms with van der Waals surface area (Å²) in [6, 6.07) is 5.50. The van der Waals surface area contributed by atoms with Crippen molar-refractivity contribution in [2.24, 2.45) is 0 Å². The molecule has 0 fully saturated rings. The molecule has 0 amide bonds. The smallest absolute Gasteiger partial charge is 0.320 e. The molecule has 0 aliphatic rings. The molecule has 0 aliphatic heterocycles. The number of anilines is 2. The first-order valence-corrected chi connectivity index (χ1v) is 10.8. The summed E-state index contributed by atoms with van der Waals surface area (Å²) in [6.45, 7) is 5.84. The molecule has 9 heteroatoms. The van der Waals surface area contributed by atoms with E-state index in [0.29, 0.717) is 23.8 Å². The van der Waals surface area contributed by atoms with Gasteiger partial charge >= 0.3 is 5.97 Å². The van der Waals surface area contributed by atoms with E-state index in [1.807, 2.05) is 32.9 Å². The number of carboxylic acids is 1. The molecule has 2 N–H and O–H groups in total.